The molecule has 86 valence electrons. The Balaban J connectivity index is 2.09. The summed E-state index contributed by atoms with van der Waals surface area (Å²) >= 11 is 0. The van der Waals surface area contributed by atoms with E-state index in [0.29, 0.717) is 5.82 Å². The molecule has 0 amide bonds. The van der Waals surface area contributed by atoms with Gasteiger partial charge in [0.15, 0.2) is 0 Å². The van der Waals surface area contributed by atoms with Crippen LogP contribution in [0.1, 0.15) is 35.7 Å². The summed E-state index contributed by atoms with van der Waals surface area (Å²) in [6.07, 6.45) is 8.46. The van der Waals surface area contributed by atoms with Crippen LogP contribution in [0.25, 0.3) is 0 Å². The summed E-state index contributed by atoms with van der Waals surface area (Å²) in [6, 6.07) is 4.13. The zero-order chi connectivity index (χ0) is 11.7. The van der Waals surface area contributed by atoms with Crippen LogP contribution in [-0.4, -0.2) is 15.0 Å². The summed E-state index contributed by atoms with van der Waals surface area (Å²) < 4.78 is 0. The van der Waals surface area contributed by atoms with E-state index in [-0.39, 0.29) is 5.92 Å². The van der Waals surface area contributed by atoms with Gasteiger partial charge in [0.1, 0.15) is 5.82 Å². The molecule has 0 saturated carbocycles. The molecule has 17 heavy (non-hydrogen) atoms. The monoisotopic (exact) mass is 226 g/mol. The average molecular weight is 226 g/mol. The predicted octanol–water partition coefficient (Wildman–Crippen LogP) is 1.92. The highest BCUT2D eigenvalue weighted by atomic mass is 14.9. The van der Waals surface area contributed by atoms with Crippen LogP contribution in [0.2, 0.25) is 0 Å². The number of nitrogens with two attached hydrogens (primary N) is 1. The van der Waals surface area contributed by atoms with Gasteiger partial charge in [0, 0.05) is 24.5 Å². The summed E-state index contributed by atoms with van der Waals surface area (Å²) in [7, 11) is 0. The van der Waals surface area contributed by atoms with Crippen molar-refractivity contribution in [3.63, 3.8) is 0 Å². The van der Waals surface area contributed by atoms with Crippen LogP contribution < -0.4 is 5.73 Å². The lowest BCUT2D eigenvalue weighted by atomic mass is 9.84. The first-order valence-corrected chi connectivity index (χ1v) is 5.86. The topological polar surface area (TPSA) is 64.7 Å². The Bertz CT molecular complexity index is 538. The van der Waals surface area contributed by atoms with Gasteiger partial charge in [-0.1, -0.05) is 6.07 Å². The normalized spacial score (nSPS) is 18.7. The average Bonchev–Trinajstić information content (AvgIpc) is 2.39. The van der Waals surface area contributed by atoms with E-state index in [1.165, 1.54) is 5.56 Å². The third-order valence-corrected chi connectivity index (χ3v) is 3.28. The standard InChI is InChI=1S/C13H14N4/c14-13-12(16-7-8-17-13)10-5-1-3-9-4-2-6-15-11(9)10/h2,4,6-8,10H,1,3,5H2,(H2,14,17). The lowest BCUT2D eigenvalue weighted by Gasteiger charge is -2.24. The van der Waals surface area contributed by atoms with Gasteiger partial charge < -0.3 is 5.73 Å². The maximum atomic E-state index is 5.91. The number of hydrogen-bond donors (Lipinski definition) is 1. The number of aromatic nitrogens is 3. The minimum atomic E-state index is 0.202. The van der Waals surface area contributed by atoms with E-state index in [4.69, 9.17) is 5.73 Å². The van der Waals surface area contributed by atoms with Crippen molar-refractivity contribution in [3.05, 3.63) is 47.7 Å². The molecule has 0 saturated heterocycles. The Labute approximate surface area is 99.9 Å². The molecule has 4 heteroatoms. The third-order valence-electron chi connectivity index (χ3n) is 3.28. The Morgan fingerprint density at radius 2 is 1.88 bits per heavy atom. The van der Waals surface area contributed by atoms with Crippen LogP contribution in [0.3, 0.4) is 0 Å². The Morgan fingerprint density at radius 1 is 1.06 bits per heavy atom. The maximum absolute atomic E-state index is 5.91. The van der Waals surface area contributed by atoms with Gasteiger partial charge in [-0.05, 0) is 30.9 Å². The predicted molar refractivity (Wildman–Crippen MR) is 65.5 cm³/mol. The highest BCUT2D eigenvalue weighted by Crippen LogP contribution is 2.35. The van der Waals surface area contributed by atoms with Gasteiger partial charge in [-0.3, -0.25) is 9.97 Å². The molecule has 0 spiro atoms. The van der Waals surface area contributed by atoms with Crippen LogP contribution in [0.4, 0.5) is 5.82 Å². The first kappa shape index (κ1) is 10.2. The first-order valence-electron chi connectivity index (χ1n) is 5.86. The van der Waals surface area contributed by atoms with Crippen LogP contribution in [0, 0.1) is 0 Å². The number of hydrogen-bond acceptors (Lipinski definition) is 4. The molecule has 1 aliphatic rings. The fourth-order valence-electron chi connectivity index (χ4n) is 2.50. The molecular weight excluding hydrogens is 212 g/mol. The smallest absolute Gasteiger partial charge is 0.145 e. The second-order valence-electron chi connectivity index (χ2n) is 4.32. The van der Waals surface area contributed by atoms with Crippen LogP contribution >= 0.6 is 0 Å². The molecule has 0 radical (unpaired) electrons. The molecule has 1 unspecified atom stereocenters. The first-order chi connectivity index (χ1) is 8.36. The molecule has 0 aromatic carbocycles. The van der Waals surface area contributed by atoms with Gasteiger partial charge in [-0.2, -0.15) is 0 Å². The maximum Gasteiger partial charge on any atom is 0.145 e. The molecule has 2 aromatic rings. The van der Waals surface area contributed by atoms with E-state index in [2.05, 4.69) is 21.0 Å². The largest absolute Gasteiger partial charge is 0.382 e. The van der Waals surface area contributed by atoms with Crippen molar-refractivity contribution in [2.24, 2.45) is 0 Å². The second kappa shape index (κ2) is 4.13. The van der Waals surface area contributed by atoms with E-state index < -0.39 is 0 Å². The fourth-order valence-corrected chi connectivity index (χ4v) is 2.50. The van der Waals surface area contributed by atoms with Crippen molar-refractivity contribution in [3.8, 4) is 0 Å². The summed E-state index contributed by atoms with van der Waals surface area (Å²) in [4.78, 5) is 13.0. The van der Waals surface area contributed by atoms with E-state index in [1.54, 1.807) is 12.4 Å². The van der Waals surface area contributed by atoms with E-state index in [9.17, 15) is 0 Å². The lowest BCUT2D eigenvalue weighted by Crippen LogP contribution is -2.16. The molecule has 0 aliphatic heterocycles. The summed E-state index contributed by atoms with van der Waals surface area (Å²) in [5, 5.41) is 0. The molecule has 1 atom stereocenters. The molecule has 0 bridgehead atoms. The zero-order valence-corrected chi connectivity index (χ0v) is 9.50. The van der Waals surface area contributed by atoms with Gasteiger partial charge in [0.2, 0.25) is 0 Å². The number of aryl methyl sites for hydroxylation is 1. The molecule has 2 N–H and O–H groups in total. The zero-order valence-electron chi connectivity index (χ0n) is 9.50. The molecule has 3 rings (SSSR count). The third kappa shape index (κ3) is 1.75. The number of anilines is 1. The molecule has 2 heterocycles. The molecule has 2 aromatic heterocycles. The van der Waals surface area contributed by atoms with Crippen molar-refractivity contribution in [2.75, 3.05) is 5.73 Å². The molecular formula is C13H14N4. The van der Waals surface area contributed by atoms with Crippen molar-refractivity contribution in [1.82, 2.24) is 15.0 Å². The van der Waals surface area contributed by atoms with Gasteiger partial charge >= 0.3 is 0 Å². The molecule has 0 fully saturated rings. The van der Waals surface area contributed by atoms with Crippen molar-refractivity contribution in [2.45, 2.75) is 25.2 Å². The summed E-state index contributed by atoms with van der Waals surface area (Å²) in [6.45, 7) is 0. The van der Waals surface area contributed by atoms with Gasteiger partial charge in [0.25, 0.3) is 0 Å². The Hall–Kier alpha value is -1.97. The van der Waals surface area contributed by atoms with Gasteiger partial charge in [-0.15, -0.1) is 0 Å². The van der Waals surface area contributed by atoms with Crippen LogP contribution in [-0.2, 0) is 6.42 Å². The fraction of sp³-hybridized carbons (Fsp3) is 0.308. The Morgan fingerprint density at radius 3 is 2.76 bits per heavy atom. The van der Waals surface area contributed by atoms with Crippen molar-refractivity contribution < 1.29 is 0 Å². The van der Waals surface area contributed by atoms with Crippen LogP contribution in [0.5, 0.6) is 0 Å². The van der Waals surface area contributed by atoms with E-state index >= 15 is 0 Å². The number of fused-ring (bicyclic) bond motifs is 1. The Kier molecular flexibility index (Phi) is 2.48. The van der Waals surface area contributed by atoms with Crippen molar-refractivity contribution >= 4 is 5.82 Å². The minimum Gasteiger partial charge on any atom is -0.382 e. The lowest BCUT2D eigenvalue weighted by molar-refractivity contribution is 0.587. The highest BCUT2D eigenvalue weighted by Gasteiger charge is 2.25. The molecule has 1 aliphatic carbocycles. The van der Waals surface area contributed by atoms with E-state index in [1.807, 2.05) is 12.3 Å². The number of rotatable bonds is 1. The second-order valence-corrected chi connectivity index (χ2v) is 4.32. The molecule has 4 nitrogen and oxygen atoms in total. The van der Waals surface area contributed by atoms with E-state index in [0.717, 1.165) is 30.7 Å². The van der Waals surface area contributed by atoms with Gasteiger partial charge in [0.05, 0.1) is 11.4 Å². The quantitative estimate of drug-likeness (QED) is 0.806. The number of nitrogens with zero attached hydrogens (tertiary/aromatic N) is 3. The van der Waals surface area contributed by atoms with Gasteiger partial charge in [-0.25, -0.2) is 4.98 Å². The van der Waals surface area contributed by atoms with Crippen LogP contribution in [0.15, 0.2) is 30.7 Å². The SMILES string of the molecule is Nc1nccnc1C1CCCc2cccnc21. The summed E-state index contributed by atoms with van der Waals surface area (Å²) in [5.74, 6) is 0.727. The highest BCUT2D eigenvalue weighted by molar-refractivity contribution is 5.42. The minimum absolute atomic E-state index is 0.202. The number of pyridine rings is 1. The van der Waals surface area contributed by atoms with Crippen molar-refractivity contribution in [1.29, 1.82) is 0 Å². The number of nitrogen functional groups attached to an aromatic ring is 1. The summed E-state index contributed by atoms with van der Waals surface area (Å²) in [5.41, 5.74) is 9.21.